The number of hydrogen-bond donors (Lipinski definition) is 0. The molecule has 0 aromatic carbocycles. The average Bonchev–Trinajstić information content (AvgIpc) is 2.41. The Balaban J connectivity index is 2.98. The fraction of sp³-hybridized carbons (Fsp3) is 0.545. The van der Waals surface area contributed by atoms with Crippen LogP contribution in [0.1, 0.15) is 27.7 Å². The van der Waals surface area contributed by atoms with Gasteiger partial charge in [-0.2, -0.15) is 0 Å². The van der Waals surface area contributed by atoms with Gasteiger partial charge in [0.2, 0.25) is 0 Å². The minimum atomic E-state index is 0.172. The van der Waals surface area contributed by atoms with Crippen molar-refractivity contribution in [2.75, 3.05) is 6.54 Å². The Hall–Kier alpha value is -1.05. The third-order valence-corrected chi connectivity index (χ3v) is 2.44. The Morgan fingerprint density at radius 2 is 1.92 bits per heavy atom. The van der Waals surface area contributed by atoms with Crippen molar-refractivity contribution in [3.63, 3.8) is 0 Å². The van der Waals surface area contributed by atoms with E-state index >= 15 is 0 Å². The molecule has 0 saturated carbocycles. The van der Waals surface area contributed by atoms with E-state index in [9.17, 15) is 4.79 Å². The Bertz CT molecular complexity index is 274. The van der Waals surface area contributed by atoms with E-state index < -0.39 is 0 Å². The lowest BCUT2D eigenvalue weighted by Gasteiger charge is -2.19. The molecule has 1 fully saturated rings. The van der Waals surface area contributed by atoms with Crippen LogP contribution in [-0.2, 0) is 4.79 Å². The standard InChI is InChI=1S/C11H17NO/c1-5-9-7-12(8(3)4)11(13)10(9)6-2/h5-6,8H,7H2,1-4H3/b9-5-,10-6+. The maximum absolute atomic E-state index is 11.8. The molecule has 1 saturated heterocycles. The first-order valence-electron chi connectivity index (χ1n) is 4.74. The van der Waals surface area contributed by atoms with Gasteiger partial charge in [-0.3, -0.25) is 4.79 Å². The summed E-state index contributed by atoms with van der Waals surface area (Å²) in [5, 5.41) is 0. The predicted octanol–water partition coefficient (Wildman–Crippen LogP) is 2.13. The zero-order chi connectivity index (χ0) is 10.0. The fourth-order valence-electron chi connectivity index (χ4n) is 1.61. The van der Waals surface area contributed by atoms with Gasteiger partial charge in [0.25, 0.3) is 5.91 Å². The lowest BCUT2D eigenvalue weighted by Crippen LogP contribution is -2.32. The zero-order valence-electron chi connectivity index (χ0n) is 8.79. The predicted molar refractivity (Wildman–Crippen MR) is 54.4 cm³/mol. The largest absolute Gasteiger partial charge is 0.332 e. The second-order valence-corrected chi connectivity index (χ2v) is 3.54. The van der Waals surface area contributed by atoms with Gasteiger partial charge in [-0.05, 0) is 33.3 Å². The number of carbonyl (C=O) groups is 1. The van der Waals surface area contributed by atoms with Crippen molar-refractivity contribution in [1.82, 2.24) is 4.90 Å². The Morgan fingerprint density at radius 3 is 2.23 bits per heavy atom. The van der Waals surface area contributed by atoms with Crippen molar-refractivity contribution in [3.05, 3.63) is 23.3 Å². The van der Waals surface area contributed by atoms with E-state index in [-0.39, 0.29) is 5.91 Å². The molecule has 1 rings (SSSR count). The molecule has 2 heteroatoms. The fourth-order valence-corrected chi connectivity index (χ4v) is 1.61. The van der Waals surface area contributed by atoms with Gasteiger partial charge in [-0.1, -0.05) is 12.2 Å². The molecule has 0 unspecified atom stereocenters. The monoisotopic (exact) mass is 179 g/mol. The van der Waals surface area contributed by atoms with Gasteiger partial charge in [0.05, 0.1) is 0 Å². The van der Waals surface area contributed by atoms with Crippen LogP contribution in [0.15, 0.2) is 23.3 Å². The van der Waals surface area contributed by atoms with Crippen molar-refractivity contribution in [2.45, 2.75) is 33.7 Å². The number of allylic oxidation sites excluding steroid dienone is 2. The molecule has 1 aliphatic rings. The number of likely N-dealkylation sites (tertiary alicyclic amines) is 1. The van der Waals surface area contributed by atoms with Crippen LogP contribution in [0.4, 0.5) is 0 Å². The van der Waals surface area contributed by atoms with Crippen LogP contribution < -0.4 is 0 Å². The molecule has 0 aliphatic carbocycles. The zero-order valence-corrected chi connectivity index (χ0v) is 8.79. The number of hydrogen-bond acceptors (Lipinski definition) is 1. The van der Waals surface area contributed by atoms with Gasteiger partial charge < -0.3 is 4.90 Å². The quantitative estimate of drug-likeness (QED) is 0.565. The molecular formula is C11H17NO. The molecule has 0 N–H and O–H groups in total. The number of rotatable bonds is 1. The summed E-state index contributed by atoms with van der Waals surface area (Å²) in [6.07, 6.45) is 3.93. The topological polar surface area (TPSA) is 20.3 Å². The minimum Gasteiger partial charge on any atom is -0.332 e. The number of carbonyl (C=O) groups excluding carboxylic acids is 1. The Morgan fingerprint density at radius 1 is 1.31 bits per heavy atom. The van der Waals surface area contributed by atoms with E-state index in [1.165, 1.54) is 0 Å². The van der Waals surface area contributed by atoms with Crippen LogP contribution in [-0.4, -0.2) is 23.4 Å². The molecule has 0 aromatic heterocycles. The average molecular weight is 179 g/mol. The van der Waals surface area contributed by atoms with Gasteiger partial charge in [0.1, 0.15) is 0 Å². The second kappa shape index (κ2) is 3.77. The third kappa shape index (κ3) is 1.67. The second-order valence-electron chi connectivity index (χ2n) is 3.54. The maximum Gasteiger partial charge on any atom is 0.254 e. The number of nitrogens with zero attached hydrogens (tertiary/aromatic N) is 1. The van der Waals surface area contributed by atoms with Crippen molar-refractivity contribution in [2.24, 2.45) is 0 Å². The molecule has 0 radical (unpaired) electrons. The first kappa shape index (κ1) is 10.0. The van der Waals surface area contributed by atoms with Gasteiger partial charge >= 0.3 is 0 Å². The van der Waals surface area contributed by atoms with Crippen LogP contribution in [0.25, 0.3) is 0 Å². The molecule has 0 bridgehead atoms. The van der Waals surface area contributed by atoms with Crippen LogP contribution in [0, 0.1) is 0 Å². The molecule has 72 valence electrons. The summed E-state index contributed by atoms with van der Waals surface area (Å²) in [7, 11) is 0. The van der Waals surface area contributed by atoms with E-state index in [1.54, 1.807) is 0 Å². The van der Waals surface area contributed by atoms with Crippen LogP contribution in [0.5, 0.6) is 0 Å². The molecule has 13 heavy (non-hydrogen) atoms. The van der Waals surface area contributed by atoms with E-state index in [0.717, 1.165) is 17.7 Å². The van der Waals surface area contributed by atoms with Crippen LogP contribution >= 0.6 is 0 Å². The summed E-state index contributed by atoms with van der Waals surface area (Å²) >= 11 is 0. The van der Waals surface area contributed by atoms with Crippen LogP contribution in [0.2, 0.25) is 0 Å². The molecule has 1 heterocycles. The Kier molecular flexibility index (Phi) is 2.91. The summed E-state index contributed by atoms with van der Waals surface area (Å²) in [5.41, 5.74) is 2.03. The molecule has 0 atom stereocenters. The first-order valence-corrected chi connectivity index (χ1v) is 4.74. The minimum absolute atomic E-state index is 0.172. The van der Waals surface area contributed by atoms with Crippen molar-refractivity contribution >= 4 is 5.91 Å². The SMILES string of the molecule is C/C=C1/CN(C(C)C)C(=O)/C1=C/C. The summed E-state index contributed by atoms with van der Waals surface area (Å²) in [6.45, 7) is 8.76. The molecule has 2 nitrogen and oxygen atoms in total. The first-order chi connectivity index (χ1) is 6.11. The summed E-state index contributed by atoms with van der Waals surface area (Å²) in [4.78, 5) is 13.7. The lowest BCUT2D eigenvalue weighted by molar-refractivity contribution is -0.126. The van der Waals surface area contributed by atoms with Gasteiger partial charge in [-0.25, -0.2) is 0 Å². The number of amides is 1. The van der Waals surface area contributed by atoms with Gasteiger partial charge in [0, 0.05) is 18.2 Å². The molecular weight excluding hydrogens is 162 g/mol. The highest BCUT2D eigenvalue weighted by Crippen LogP contribution is 2.24. The third-order valence-electron chi connectivity index (χ3n) is 2.44. The summed E-state index contributed by atoms with van der Waals surface area (Å²) in [6, 6.07) is 0.292. The molecule has 1 aliphatic heterocycles. The van der Waals surface area contributed by atoms with Gasteiger partial charge in [-0.15, -0.1) is 0 Å². The van der Waals surface area contributed by atoms with E-state index in [1.807, 2.05) is 44.7 Å². The normalized spacial score (nSPS) is 24.1. The van der Waals surface area contributed by atoms with Crippen molar-refractivity contribution in [3.8, 4) is 0 Å². The molecule has 1 amide bonds. The van der Waals surface area contributed by atoms with E-state index in [2.05, 4.69) is 0 Å². The van der Waals surface area contributed by atoms with Crippen LogP contribution in [0.3, 0.4) is 0 Å². The highest BCUT2D eigenvalue weighted by Gasteiger charge is 2.30. The highest BCUT2D eigenvalue weighted by atomic mass is 16.2. The van der Waals surface area contributed by atoms with E-state index in [4.69, 9.17) is 0 Å². The van der Waals surface area contributed by atoms with Crippen molar-refractivity contribution in [1.29, 1.82) is 0 Å². The van der Waals surface area contributed by atoms with Crippen molar-refractivity contribution < 1.29 is 4.79 Å². The molecule has 0 spiro atoms. The highest BCUT2D eigenvalue weighted by molar-refractivity contribution is 6.01. The smallest absolute Gasteiger partial charge is 0.254 e. The van der Waals surface area contributed by atoms with Gasteiger partial charge in [0.15, 0.2) is 0 Å². The summed E-state index contributed by atoms with van der Waals surface area (Å²) < 4.78 is 0. The summed E-state index contributed by atoms with van der Waals surface area (Å²) in [5.74, 6) is 0.172. The lowest BCUT2D eigenvalue weighted by atomic mass is 10.1. The Labute approximate surface area is 79.9 Å². The van der Waals surface area contributed by atoms with E-state index in [0.29, 0.717) is 6.04 Å². The molecule has 0 aromatic rings. The maximum atomic E-state index is 11.8.